The monoisotopic (exact) mass is 368 g/mol. The lowest BCUT2D eigenvalue weighted by Crippen LogP contribution is -2.19. The maximum absolute atomic E-state index is 12.9. The fourth-order valence-electron chi connectivity index (χ4n) is 2.28. The molecule has 0 aliphatic rings. The van der Waals surface area contributed by atoms with Gasteiger partial charge in [-0.3, -0.25) is 4.79 Å². The van der Waals surface area contributed by atoms with Crippen LogP contribution in [0.25, 0.3) is 0 Å². The van der Waals surface area contributed by atoms with Crippen LogP contribution in [0.3, 0.4) is 0 Å². The highest BCUT2D eigenvalue weighted by molar-refractivity contribution is 5.90. The van der Waals surface area contributed by atoms with E-state index in [1.807, 2.05) is 19.1 Å². The van der Waals surface area contributed by atoms with Crippen molar-refractivity contribution < 1.29 is 18.7 Å². The zero-order valence-corrected chi connectivity index (χ0v) is 14.6. The van der Waals surface area contributed by atoms with E-state index in [1.165, 1.54) is 35.1 Å². The number of carbonyl (C=O) groups is 2. The summed E-state index contributed by atoms with van der Waals surface area (Å²) in [6.07, 6.45) is 1.52. The van der Waals surface area contributed by atoms with Crippen molar-refractivity contribution in [3.63, 3.8) is 0 Å². The number of halogens is 1. The van der Waals surface area contributed by atoms with E-state index in [4.69, 9.17) is 4.74 Å². The van der Waals surface area contributed by atoms with Crippen LogP contribution >= 0.6 is 0 Å². The first-order chi connectivity index (χ1) is 13.0. The maximum atomic E-state index is 12.9. The number of rotatable bonds is 6. The van der Waals surface area contributed by atoms with Crippen molar-refractivity contribution in [3.05, 3.63) is 77.4 Å². The van der Waals surface area contributed by atoms with Crippen LogP contribution < -0.4 is 5.32 Å². The number of aromatic nitrogens is 3. The van der Waals surface area contributed by atoms with Gasteiger partial charge < -0.3 is 10.1 Å². The van der Waals surface area contributed by atoms with Gasteiger partial charge in [0.1, 0.15) is 24.7 Å². The Kier molecular flexibility index (Phi) is 5.55. The molecule has 2 aromatic carbocycles. The van der Waals surface area contributed by atoms with Crippen molar-refractivity contribution in [1.29, 1.82) is 0 Å². The van der Waals surface area contributed by atoms with Crippen LogP contribution in [0.15, 0.2) is 54.7 Å². The molecule has 3 aromatic rings. The summed E-state index contributed by atoms with van der Waals surface area (Å²) in [7, 11) is 0. The number of hydrogen-bond donors (Lipinski definition) is 1. The molecule has 0 fully saturated rings. The van der Waals surface area contributed by atoms with Gasteiger partial charge in [-0.1, -0.05) is 22.9 Å². The van der Waals surface area contributed by atoms with Crippen molar-refractivity contribution in [2.45, 2.75) is 20.1 Å². The Morgan fingerprint density at radius 1 is 1.11 bits per heavy atom. The third-order valence-electron chi connectivity index (χ3n) is 3.66. The predicted molar refractivity (Wildman–Crippen MR) is 95.4 cm³/mol. The minimum atomic E-state index is -0.460. The summed E-state index contributed by atoms with van der Waals surface area (Å²) in [5.74, 6) is -1.18. The molecular formula is C19H17FN4O3. The Morgan fingerprint density at radius 3 is 2.52 bits per heavy atom. The molecule has 1 N–H and O–H groups in total. The highest BCUT2D eigenvalue weighted by atomic mass is 19.1. The zero-order valence-electron chi connectivity index (χ0n) is 14.6. The molecule has 1 amide bonds. The first-order valence-corrected chi connectivity index (χ1v) is 8.18. The number of nitrogens with one attached hydrogen (secondary N) is 1. The first kappa shape index (κ1) is 18.2. The van der Waals surface area contributed by atoms with Gasteiger partial charge in [0.2, 0.25) is 5.91 Å². The molecule has 0 aliphatic carbocycles. The molecule has 138 valence electrons. The van der Waals surface area contributed by atoms with E-state index in [1.54, 1.807) is 12.1 Å². The number of amides is 1. The van der Waals surface area contributed by atoms with Crippen LogP contribution in [-0.2, 0) is 22.7 Å². The first-order valence-electron chi connectivity index (χ1n) is 8.18. The normalized spacial score (nSPS) is 10.4. The summed E-state index contributed by atoms with van der Waals surface area (Å²) in [4.78, 5) is 23.9. The predicted octanol–water partition coefficient (Wildman–Crippen LogP) is 2.72. The van der Waals surface area contributed by atoms with E-state index in [-0.39, 0.29) is 24.9 Å². The standard InChI is InChI=1S/C19H17FN4O3/c1-13-2-4-14(5-3-13)19(26)27-12-17-10-24(23-22-17)11-18(25)21-16-8-6-15(20)7-9-16/h2-10H,11-12H2,1H3,(H,21,25). The molecule has 1 aromatic heterocycles. The van der Waals surface area contributed by atoms with Crippen LogP contribution in [-0.4, -0.2) is 26.9 Å². The summed E-state index contributed by atoms with van der Waals surface area (Å²) < 4.78 is 19.4. The second kappa shape index (κ2) is 8.22. The van der Waals surface area contributed by atoms with E-state index in [9.17, 15) is 14.0 Å². The molecule has 8 heteroatoms. The van der Waals surface area contributed by atoms with Crippen molar-refractivity contribution >= 4 is 17.6 Å². The van der Waals surface area contributed by atoms with E-state index in [0.29, 0.717) is 16.9 Å². The average Bonchev–Trinajstić information content (AvgIpc) is 3.09. The fourth-order valence-corrected chi connectivity index (χ4v) is 2.28. The minimum Gasteiger partial charge on any atom is -0.455 e. The van der Waals surface area contributed by atoms with Crippen molar-refractivity contribution in [3.8, 4) is 0 Å². The number of nitrogens with zero attached hydrogens (tertiary/aromatic N) is 3. The molecule has 0 aliphatic heterocycles. The molecule has 27 heavy (non-hydrogen) atoms. The van der Waals surface area contributed by atoms with Gasteiger partial charge in [0.05, 0.1) is 11.8 Å². The van der Waals surface area contributed by atoms with Gasteiger partial charge in [-0.25, -0.2) is 13.9 Å². The Bertz CT molecular complexity index is 936. The fraction of sp³-hybridized carbons (Fsp3) is 0.158. The van der Waals surface area contributed by atoms with Crippen LogP contribution in [0.2, 0.25) is 0 Å². The number of hydrogen-bond acceptors (Lipinski definition) is 5. The number of anilines is 1. The SMILES string of the molecule is Cc1ccc(C(=O)OCc2cn(CC(=O)Nc3ccc(F)cc3)nn2)cc1. The number of carbonyl (C=O) groups excluding carboxylic acids is 2. The average molecular weight is 368 g/mol. The van der Waals surface area contributed by atoms with Gasteiger partial charge in [0.15, 0.2) is 0 Å². The molecule has 0 unspecified atom stereocenters. The summed E-state index contributed by atoms with van der Waals surface area (Å²) in [6, 6.07) is 12.5. The molecule has 0 saturated heterocycles. The second-order valence-electron chi connectivity index (χ2n) is 5.90. The van der Waals surface area contributed by atoms with E-state index in [0.717, 1.165) is 5.56 Å². The summed E-state index contributed by atoms with van der Waals surface area (Å²) in [6.45, 7) is 1.81. The van der Waals surface area contributed by atoms with Gasteiger partial charge in [-0.05, 0) is 43.3 Å². The molecule has 1 heterocycles. The van der Waals surface area contributed by atoms with Crippen LogP contribution in [0.4, 0.5) is 10.1 Å². The molecule has 0 bridgehead atoms. The van der Waals surface area contributed by atoms with E-state index >= 15 is 0 Å². The lowest BCUT2D eigenvalue weighted by molar-refractivity contribution is -0.116. The van der Waals surface area contributed by atoms with Crippen LogP contribution in [0.5, 0.6) is 0 Å². The van der Waals surface area contributed by atoms with Crippen LogP contribution in [0.1, 0.15) is 21.6 Å². The van der Waals surface area contributed by atoms with Crippen molar-refractivity contribution in [2.24, 2.45) is 0 Å². The highest BCUT2D eigenvalue weighted by Gasteiger charge is 2.10. The summed E-state index contributed by atoms with van der Waals surface area (Å²) >= 11 is 0. The van der Waals surface area contributed by atoms with Gasteiger partial charge in [0.25, 0.3) is 0 Å². The molecule has 0 saturated carbocycles. The van der Waals surface area contributed by atoms with Gasteiger partial charge in [-0.15, -0.1) is 5.10 Å². The molecule has 0 radical (unpaired) electrons. The van der Waals surface area contributed by atoms with Crippen molar-refractivity contribution in [2.75, 3.05) is 5.32 Å². The Balaban J connectivity index is 1.50. The molecular weight excluding hydrogens is 351 g/mol. The third-order valence-corrected chi connectivity index (χ3v) is 3.66. The van der Waals surface area contributed by atoms with Gasteiger partial charge in [-0.2, -0.15) is 0 Å². The number of ether oxygens (including phenoxy) is 1. The van der Waals surface area contributed by atoms with Gasteiger partial charge in [0, 0.05) is 5.69 Å². The largest absolute Gasteiger partial charge is 0.455 e. The highest BCUT2D eigenvalue weighted by Crippen LogP contribution is 2.09. The quantitative estimate of drug-likeness (QED) is 0.676. The zero-order chi connectivity index (χ0) is 19.2. The number of aryl methyl sites for hydroxylation is 1. The minimum absolute atomic E-state index is 0.0493. The second-order valence-corrected chi connectivity index (χ2v) is 5.90. The maximum Gasteiger partial charge on any atom is 0.338 e. The topological polar surface area (TPSA) is 86.1 Å². The number of esters is 1. The Hall–Kier alpha value is -3.55. The molecule has 7 nitrogen and oxygen atoms in total. The van der Waals surface area contributed by atoms with Crippen molar-refractivity contribution in [1.82, 2.24) is 15.0 Å². The molecule has 0 spiro atoms. The van der Waals surface area contributed by atoms with Crippen LogP contribution in [0, 0.1) is 12.7 Å². The van der Waals surface area contributed by atoms with E-state index < -0.39 is 5.97 Å². The smallest absolute Gasteiger partial charge is 0.338 e. The van der Waals surface area contributed by atoms with Gasteiger partial charge >= 0.3 is 5.97 Å². The summed E-state index contributed by atoms with van der Waals surface area (Å²) in [5.41, 5.74) is 2.40. The van der Waals surface area contributed by atoms with E-state index in [2.05, 4.69) is 15.6 Å². The lowest BCUT2D eigenvalue weighted by atomic mass is 10.1. The Labute approximate surface area is 154 Å². The number of benzene rings is 2. The Morgan fingerprint density at radius 2 is 1.81 bits per heavy atom. The third kappa shape index (κ3) is 5.21. The molecule has 0 atom stereocenters. The molecule has 3 rings (SSSR count). The summed E-state index contributed by atoms with van der Waals surface area (Å²) in [5, 5.41) is 10.3. The lowest BCUT2D eigenvalue weighted by Gasteiger charge is -2.04.